The molecule has 0 unspecified atom stereocenters. The number of carbonyl (C=O) groups is 2. The van der Waals surface area contributed by atoms with E-state index in [1.165, 1.54) is 18.4 Å². The van der Waals surface area contributed by atoms with E-state index in [9.17, 15) is 9.59 Å². The normalized spacial score (nSPS) is 11.2. The van der Waals surface area contributed by atoms with E-state index in [1.54, 1.807) is 7.11 Å². The van der Waals surface area contributed by atoms with Gasteiger partial charge in [-0.15, -0.1) is 11.3 Å². The molecule has 1 aromatic heterocycles. The van der Waals surface area contributed by atoms with Crippen LogP contribution in [0, 0.1) is 6.92 Å². The number of esters is 1. The lowest BCUT2D eigenvalue weighted by atomic mass is 10.0. The van der Waals surface area contributed by atoms with Crippen LogP contribution >= 0.6 is 11.3 Å². The first-order valence-electron chi connectivity index (χ1n) is 5.82. The van der Waals surface area contributed by atoms with E-state index in [2.05, 4.69) is 10.1 Å². The van der Waals surface area contributed by atoms with Gasteiger partial charge >= 0.3 is 5.97 Å². The summed E-state index contributed by atoms with van der Waals surface area (Å²) in [6, 6.07) is 0. The molecule has 0 atom stereocenters. The second kappa shape index (κ2) is 6.16. The molecular formula is C13H19NO4S. The summed E-state index contributed by atoms with van der Waals surface area (Å²) in [7, 11) is 2.88. The molecule has 1 amide bonds. The second-order valence-electron chi connectivity index (χ2n) is 4.80. The maximum Gasteiger partial charge on any atom is 0.350 e. The van der Waals surface area contributed by atoms with Crippen molar-refractivity contribution < 1.29 is 19.1 Å². The van der Waals surface area contributed by atoms with E-state index in [0.717, 1.165) is 5.56 Å². The third-order valence-electron chi connectivity index (χ3n) is 2.75. The molecule has 1 aromatic rings. The SMILES string of the molecule is COC(=O)c1scc(C)c1NC(=O)CC(C)(C)OC. The van der Waals surface area contributed by atoms with Gasteiger partial charge < -0.3 is 14.8 Å². The van der Waals surface area contributed by atoms with Crippen LogP contribution in [0.15, 0.2) is 5.38 Å². The zero-order chi connectivity index (χ0) is 14.6. The van der Waals surface area contributed by atoms with Crippen LogP contribution in [0.3, 0.4) is 0 Å². The van der Waals surface area contributed by atoms with Crippen LogP contribution in [0.2, 0.25) is 0 Å². The van der Waals surface area contributed by atoms with Gasteiger partial charge in [-0.2, -0.15) is 0 Å². The van der Waals surface area contributed by atoms with E-state index in [0.29, 0.717) is 10.6 Å². The van der Waals surface area contributed by atoms with E-state index in [4.69, 9.17) is 4.74 Å². The van der Waals surface area contributed by atoms with E-state index < -0.39 is 11.6 Å². The first-order chi connectivity index (χ1) is 8.80. The molecule has 0 saturated carbocycles. The molecule has 0 spiro atoms. The van der Waals surface area contributed by atoms with Crippen LogP contribution in [-0.4, -0.2) is 31.7 Å². The molecule has 0 bridgehead atoms. The van der Waals surface area contributed by atoms with Crippen molar-refractivity contribution in [2.45, 2.75) is 32.8 Å². The van der Waals surface area contributed by atoms with Gasteiger partial charge in [0.15, 0.2) is 0 Å². The fraction of sp³-hybridized carbons (Fsp3) is 0.538. The molecular weight excluding hydrogens is 266 g/mol. The minimum absolute atomic E-state index is 0.196. The van der Waals surface area contributed by atoms with Crippen molar-refractivity contribution in [2.24, 2.45) is 0 Å². The van der Waals surface area contributed by atoms with Crippen molar-refractivity contribution in [3.63, 3.8) is 0 Å². The number of anilines is 1. The summed E-state index contributed by atoms with van der Waals surface area (Å²) in [6.45, 7) is 5.49. The molecule has 0 aromatic carbocycles. The minimum Gasteiger partial charge on any atom is -0.465 e. The third kappa shape index (κ3) is 4.04. The molecule has 6 heteroatoms. The van der Waals surface area contributed by atoms with Crippen LogP contribution < -0.4 is 5.32 Å². The fourth-order valence-electron chi connectivity index (χ4n) is 1.48. The van der Waals surface area contributed by atoms with Gasteiger partial charge in [0.05, 0.1) is 24.8 Å². The smallest absolute Gasteiger partial charge is 0.350 e. The number of carbonyl (C=O) groups excluding carboxylic acids is 2. The summed E-state index contributed by atoms with van der Waals surface area (Å²) in [4.78, 5) is 24.0. The number of hydrogen-bond acceptors (Lipinski definition) is 5. The average Bonchev–Trinajstić information content (AvgIpc) is 2.69. The van der Waals surface area contributed by atoms with Gasteiger partial charge in [0.1, 0.15) is 4.88 Å². The Hall–Kier alpha value is -1.40. The van der Waals surface area contributed by atoms with Crippen LogP contribution in [-0.2, 0) is 14.3 Å². The zero-order valence-electron chi connectivity index (χ0n) is 11.8. The Bertz CT molecular complexity index is 479. The van der Waals surface area contributed by atoms with Gasteiger partial charge in [0, 0.05) is 7.11 Å². The quantitative estimate of drug-likeness (QED) is 0.845. The molecule has 0 aliphatic heterocycles. The number of ether oxygens (including phenoxy) is 2. The molecule has 19 heavy (non-hydrogen) atoms. The molecule has 5 nitrogen and oxygen atoms in total. The number of nitrogens with one attached hydrogen (secondary N) is 1. The molecule has 106 valence electrons. The van der Waals surface area contributed by atoms with Gasteiger partial charge in [0.2, 0.25) is 5.91 Å². The summed E-state index contributed by atoms with van der Waals surface area (Å²) in [5, 5.41) is 4.56. The fourth-order valence-corrected chi connectivity index (χ4v) is 2.41. The molecule has 0 aliphatic rings. The van der Waals surface area contributed by atoms with Crippen LogP contribution in [0.1, 0.15) is 35.5 Å². The number of methoxy groups -OCH3 is 2. The summed E-state index contributed by atoms with van der Waals surface area (Å²) < 4.78 is 9.90. The largest absolute Gasteiger partial charge is 0.465 e. The Labute approximate surface area is 116 Å². The lowest BCUT2D eigenvalue weighted by Gasteiger charge is -2.22. The third-order valence-corrected chi connectivity index (χ3v) is 3.83. The second-order valence-corrected chi connectivity index (χ2v) is 5.68. The number of thiophene rings is 1. The van der Waals surface area contributed by atoms with Crippen molar-refractivity contribution in [3.05, 3.63) is 15.8 Å². The molecule has 0 radical (unpaired) electrons. The Morgan fingerprint density at radius 1 is 1.37 bits per heavy atom. The van der Waals surface area contributed by atoms with Crippen molar-refractivity contribution in [2.75, 3.05) is 19.5 Å². The highest BCUT2D eigenvalue weighted by atomic mass is 32.1. The first kappa shape index (κ1) is 15.7. The lowest BCUT2D eigenvalue weighted by molar-refractivity contribution is -0.121. The van der Waals surface area contributed by atoms with Crippen molar-refractivity contribution in [3.8, 4) is 0 Å². The monoisotopic (exact) mass is 285 g/mol. The van der Waals surface area contributed by atoms with Crippen LogP contribution in [0.4, 0.5) is 5.69 Å². The molecule has 1 rings (SSSR count). The molecule has 1 heterocycles. The Balaban J connectivity index is 2.85. The van der Waals surface area contributed by atoms with Gasteiger partial charge in [0.25, 0.3) is 0 Å². The van der Waals surface area contributed by atoms with Crippen LogP contribution in [0.25, 0.3) is 0 Å². The minimum atomic E-state index is -0.542. The van der Waals surface area contributed by atoms with Gasteiger partial charge in [-0.25, -0.2) is 4.79 Å². The number of hydrogen-bond donors (Lipinski definition) is 1. The highest BCUT2D eigenvalue weighted by Gasteiger charge is 2.24. The molecule has 1 N–H and O–H groups in total. The van der Waals surface area contributed by atoms with Crippen LogP contribution in [0.5, 0.6) is 0 Å². The molecule has 0 aliphatic carbocycles. The maximum absolute atomic E-state index is 12.0. The molecule has 0 saturated heterocycles. The predicted molar refractivity (Wildman–Crippen MR) is 74.7 cm³/mol. The number of rotatable bonds is 5. The Kier molecular flexibility index (Phi) is 5.08. The lowest BCUT2D eigenvalue weighted by Crippen LogP contribution is -2.29. The van der Waals surface area contributed by atoms with Gasteiger partial charge in [-0.05, 0) is 31.7 Å². The number of aryl methyl sites for hydroxylation is 1. The Morgan fingerprint density at radius 2 is 2.00 bits per heavy atom. The highest BCUT2D eigenvalue weighted by molar-refractivity contribution is 7.12. The Morgan fingerprint density at radius 3 is 2.53 bits per heavy atom. The first-order valence-corrected chi connectivity index (χ1v) is 6.70. The summed E-state index contributed by atoms with van der Waals surface area (Å²) >= 11 is 1.25. The van der Waals surface area contributed by atoms with E-state index in [1.807, 2.05) is 26.2 Å². The van der Waals surface area contributed by atoms with E-state index in [-0.39, 0.29) is 12.3 Å². The van der Waals surface area contributed by atoms with Crippen molar-refractivity contribution in [1.82, 2.24) is 0 Å². The maximum atomic E-state index is 12.0. The van der Waals surface area contributed by atoms with Gasteiger partial charge in [-0.3, -0.25) is 4.79 Å². The standard InChI is InChI=1S/C13H19NO4S/c1-8-7-19-11(12(16)17-4)10(8)14-9(15)6-13(2,3)18-5/h7H,6H2,1-5H3,(H,14,15). The molecule has 0 fully saturated rings. The highest BCUT2D eigenvalue weighted by Crippen LogP contribution is 2.29. The van der Waals surface area contributed by atoms with Crippen molar-refractivity contribution in [1.29, 1.82) is 0 Å². The van der Waals surface area contributed by atoms with Gasteiger partial charge in [-0.1, -0.05) is 0 Å². The summed E-state index contributed by atoms with van der Waals surface area (Å²) in [6.07, 6.45) is 0.208. The topological polar surface area (TPSA) is 64.6 Å². The predicted octanol–water partition coefficient (Wildman–Crippen LogP) is 2.60. The van der Waals surface area contributed by atoms with Crippen molar-refractivity contribution >= 4 is 28.9 Å². The summed E-state index contributed by atoms with van der Waals surface area (Å²) in [5.41, 5.74) is 0.821. The summed E-state index contributed by atoms with van der Waals surface area (Å²) in [5.74, 6) is -0.641. The zero-order valence-corrected chi connectivity index (χ0v) is 12.6. The van der Waals surface area contributed by atoms with E-state index >= 15 is 0 Å². The number of amides is 1. The average molecular weight is 285 g/mol.